The van der Waals surface area contributed by atoms with Crippen molar-refractivity contribution in [1.29, 1.82) is 0 Å². The lowest BCUT2D eigenvalue weighted by atomic mass is 10.1. The van der Waals surface area contributed by atoms with Gasteiger partial charge in [0, 0.05) is 6.26 Å². The standard InChI is InChI=1S/C9H9BrFIO3S/c1-16(14,15)9(10,12)8(13)6-2-4-7(11)5-3-6/h2-5,8,13H,1H3/t8-,9-/m0/s1. The molecule has 1 aromatic carbocycles. The number of halogens is 3. The SMILES string of the molecule is CS(=O)(=O)[C@@](Br)(I)[C@@H](O)c1ccc(F)cc1. The fraction of sp³-hybridized carbons (Fsp3) is 0.333. The van der Waals surface area contributed by atoms with Crippen molar-refractivity contribution in [2.24, 2.45) is 0 Å². The number of benzene rings is 1. The maximum atomic E-state index is 12.7. The second-order valence-corrected chi connectivity index (χ2v) is 11.2. The maximum absolute atomic E-state index is 12.7. The minimum atomic E-state index is -3.50. The van der Waals surface area contributed by atoms with E-state index in [2.05, 4.69) is 15.9 Å². The molecular formula is C9H9BrFIO3S. The highest BCUT2D eigenvalue weighted by Gasteiger charge is 2.43. The van der Waals surface area contributed by atoms with Crippen LogP contribution in [0, 0.1) is 5.82 Å². The van der Waals surface area contributed by atoms with Crippen LogP contribution in [0.3, 0.4) is 0 Å². The molecule has 0 radical (unpaired) electrons. The number of aliphatic hydroxyl groups is 1. The number of hydrogen-bond acceptors (Lipinski definition) is 3. The van der Waals surface area contributed by atoms with Crippen LogP contribution < -0.4 is 0 Å². The third kappa shape index (κ3) is 2.93. The molecule has 0 unspecified atom stereocenters. The summed E-state index contributed by atoms with van der Waals surface area (Å²) in [6.45, 7) is 0. The first kappa shape index (κ1) is 14.3. The third-order valence-electron chi connectivity index (χ3n) is 2.00. The molecule has 0 aliphatic rings. The van der Waals surface area contributed by atoms with Crippen LogP contribution in [0.5, 0.6) is 0 Å². The number of alkyl halides is 2. The van der Waals surface area contributed by atoms with Crippen LogP contribution in [0.25, 0.3) is 0 Å². The van der Waals surface area contributed by atoms with E-state index in [1.165, 1.54) is 24.3 Å². The Balaban J connectivity index is 3.12. The van der Waals surface area contributed by atoms with Gasteiger partial charge in [0.05, 0.1) is 0 Å². The molecule has 0 saturated carbocycles. The predicted octanol–water partition coefficient (Wildman–Crippen LogP) is 2.39. The average molecular weight is 423 g/mol. The summed E-state index contributed by atoms with van der Waals surface area (Å²) in [5, 5.41) is 9.92. The summed E-state index contributed by atoms with van der Waals surface area (Å²) in [7, 11) is -3.50. The first-order valence-electron chi connectivity index (χ1n) is 4.17. The molecule has 0 aromatic heterocycles. The Hall–Kier alpha value is 0.270. The molecule has 0 bridgehead atoms. The Morgan fingerprint density at radius 2 is 1.88 bits per heavy atom. The molecule has 1 aromatic rings. The molecule has 2 atom stereocenters. The van der Waals surface area contributed by atoms with Crippen molar-refractivity contribution in [3.63, 3.8) is 0 Å². The zero-order valence-corrected chi connectivity index (χ0v) is 12.8. The number of rotatable bonds is 3. The Morgan fingerprint density at radius 3 is 2.25 bits per heavy atom. The van der Waals surface area contributed by atoms with E-state index in [0.717, 1.165) is 6.26 Å². The largest absolute Gasteiger partial charge is 0.385 e. The topological polar surface area (TPSA) is 54.4 Å². The predicted molar refractivity (Wildman–Crippen MR) is 71.9 cm³/mol. The van der Waals surface area contributed by atoms with Crippen molar-refractivity contribution < 1.29 is 17.9 Å². The van der Waals surface area contributed by atoms with E-state index in [1.54, 1.807) is 22.6 Å². The van der Waals surface area contributed by atoms with Crippen molar-refractivity contribution in [1.82, 2.24) is 0 Å². The smallest absolute Gasteiger partial charge is 0.206 e. The van der Waals surface area contributed by atoms with Crippen molar-refractivity contribution in [3.05, 3.63) is 35.6 Å². The lowest BCUT2D eigenvalue weighted by Crippen LogP contribution is -2.31. The first-order valence-corrected chi connectivity index (χ1v) is 7.93. The Labute approximate surface area is 115 Å². The zero-order valence-electron chi connectivity index (χ0n) is 8.19. The van der Waals surface area contributed by atoms with Crippen LogP contribution >= 0.6 is 38.5 Å². The lowest BCUT2D eigenvalue weighted by molar-refractivity contribution is 0.191. The quantitative estimate of drug-likeness (QED) is 0.601. The molecule has 3 nitrogen and oxygen atoms in total. The highest BCUT2D eigenvalue weighted by molar-refractivity contribution is 14.1. The summed E-state index contributed by atoms with van der Waals surface area (Å²) < 4.78 is 34.0. The Bertz CT molecular complexity index is 472. The van der Waals surface area contributed by atoms with Gasteiger partial charge in [-0.1, -0.05) is 28.1 Å². The van der Waals surface area contributed by atoms with Crippen molar-refractivity contribution in [2.45, 2.75) is 7.77 Å². The molecule has 1 rings (SSSR count). The summed E-state index contributed by atoms with van der Waals surface area (Å²) in [5.41, 5.74) is 0.332. The number of hydrogen-bond donors (Lipinski definition) is 1. The van der Waals surface area contributed by atoms with Crippen LogP contribution in [0.15, 0.2) is 24.3 Å². The van der Waals surface area contributed by atoms with E-state index in [0.29, 0.717) is 5.56 Å². The summed E-state index contributed by atoms with van der Waals surface area (Å²) in [6.07, 6.45) is -0.260. The van der Waals surface area contributed by atoms with E-state index < -0.39 is 23.4 Å². The van der Waals surface area contributed by atoms with E-state index >= 15 is 0 Å². The minimum absolute atomic E-state index is 0.332. The molecule has 1 N–H and O–H groups in total. The van der Waals surface area contributed by atoms with Gasteiger partial charge in [0.25, 0.3) is 0 Å². The van der Waals surface area contributed by atoms with Gasteiger partial charge in [-0.05, 0) is 40.3 Å². The number of aliphatic hydroxyl groups excluding tert-OH is 1. The second-order valence-electron chi connectivity index (χ2n) is 3.29. The van der Waals surface area contributed by atoms with E-state index in [9.17, 15) is 17.9 Å². The zero-order chi connectivity index (χ0) is 12.6. The van der Waals surface area contributed by atoms with Gasteiger partial charge < -0.3 is 5.11 Å². The van der Waals surface area contributed by atoms with Gasteiger partial charge >= 0.3 is 0 Å². The van der Waals surface area contributed by atoms with Gasteiger partial charge in [-0.15, -0.1) is 0 Å². The van der Waals surface area contributed by atoms with E-state index in [-0.39, 0.29) is 0 Å². The molecule has 0 heterocycles. The van der Waals surface area contributed by atoms with Gasteiger partial charge in [-0.25, -0.2) is 12.8 Å². The second kappa shape index (κ2) is 4.87. The van der Waals surface area contributed by atoms with Crippen LogP contribution in [0.1, 0.15) is 11.7 Å². The molecular weight excluding hydrogens is 414 g/mol. The van der Waals surface area contributed by atoms with Crippen LogP contribution in [-0.4, -0.2) is 21.4 Å². The fourth-order valence-electron chi connectivity index (χ4n) is 1.04. The van der Waals surface area contributed by atoms with Gasteiger partial charge in [0.2, 0.25) is 1.66 Å². The van der Waals surface area contributed by atoms with Gasteiger partial charge in [0.15, 0.2) is 9.84 Å². The summed E-state index contributed by atoms with van der Waals surface area (Å²) in [4.78, 5) is 0. The van der Waals surface area contributed by atoms with Crippen LogP contribution in [0.2, 0.25) is 0 Å². The molecule has 0 amide bonds. The molecule has 90 valence electrons. The molecule has 7 heteroatoms. The maximum Gasteiger partial charge on any atom is 0.206 e. The average Bonchev–Trinajstić information content (AvgIpc) is 2.16. The van der Waals surface area contributed by atoms with Crippen LogP contribution in [0.4, 0.5) is 4.39 Å². The van der Waals surface area contributed by atoms with Gasteiger partial charge in [-0.2, -0.15) is 0 Å². The molecule has 0 fully saturated rings. The molecule has 0 aliphatic carbocycles. The normalized spacial score (nSPS) is 17.8. The minimum Gasteiger partial charge on any atom is -0.385 e. The van der Waals surface area contributed by atoms with E-state index in [1.807, 2.05) is 0 Å². The summed E-state index contributed by atoms with van der Waals surface area (Å²) in [6, 6.07) is 5.03. The third-order valence-corrected chi connectivity index (χ3v) is 8.40. The summed E-state index contributed by atoms with van der Waals surface area (Å²) >= 11 is 4.58. The van der Waals surface area contributed by atoms with Crippen molar-refractivity contribution >= 4 is 48.4 Å². The lowest BCUT2D eigenvalue weighted by Gasteiger charge is -2.25. The van der Waals surface area contributed by atoms with Gasteiger partial charge in [0.1, 0.15) is 11.9 Å². The fourth-order valence-corrected chi connectivity index (χ4v) is 2.21. The van der Waals surface area contributed by atoms with E-state index in [4.69, 9.17) is 0 Å². The van der Waals surface area contributed by atoms with Crippen LogP contribution in [-0.2, 0) is 9.84 Å². The highest BCUT2D eigenvalue weighted by atomic mass is 127. The van der Waals surface area contributed by atoms with Crippen molar-refractivity contribution in [3.8, 4) is 0 Å². The molecule has 16 heavy (non-hydrogen) atoms. The first-order chi connectivity index (χ1) is 7.16. The highest BCUT2D eigenvalue weighted by Crippen LogP contribution is 2.44. The molecule has 0 aliphatic heterocycles. The van der Waals surface area contributed by atoms with Crippen molar-refractivity contribution in [2.75, 3.05) is 6.26 Å². The summed E-state index contributed by atoms with van der Waals surface area (Å²) in [5.74, 6) is -0.441. The number of sulfone groups is 1. The monoisotopic (exact) mass is 422 g/mol. The molecule has 0 saturated heterocycles. The Kier molecular flexibility index (Phi) is 4.36. The van der Waals surface area contributed by atoms with Gasteiger partial charge in [-0.3, -0.25) is 0 Å². The molecule has 0 spiro atoms. The Morgan fingerprint density at radius 1 is 1.44 bits per heavy atom.